The minimum absolute atomic E-state index is 0. The molecule has 0 spiro atoms. The number of ether oxygens (including phenoxy) is 4. The number of fused-ring (bicyclic) bond motifs is 10. The molecule has 93 heavy (non-hydrogen) atoms. The van der Waals surface area contributed by atoms with Crippen LogP contribution in [-0.4, -0.2) is 78.3 Å². The number of carbonyl (C=O) groups excluding carboxylic acids is 4. The van der Waals surface area contributed by atoms with Crippen LogP contribution in [0.5, 0.6) is 5.75 Å². The Kier molecular flexibility index (Phi) is 33.1. The van der Waals surface area contributed by atoms with Crippen molar-refractivity contribution in [1.29, 1.82) is 5.26 Å². The topological polar surface area (TPSA) is 251 Å². The summed E-state index contributed by atoms with van der Waals surface area (Å²) in [4.78, 5) is 63.7. The molecule has 11 rings (SSSR count). The first-order valence-corrected chi connectivity index (χ1v) is 32.7. The zero-order chi connectivity index (χ0) is 68.6. The first-order valence-electron chi connectivity index (χ1n) is 25.1. The number of nitrogens with one attached hydrogen (secondary N) is 1. The molecule has 0 aliphatic rings. The summed E-state index contributed by atoms with van der Waals surface area (Å²) in [6.45, 7) is 0. The third-order valence-electron chi connectivity index (χ3n) is 11.6. The van der Waals surface area contributed by atoms with E-state index in [-0.39, 0.29) is 48.3 Å². The molecule has 0 aliphatic heterocycles. The Hall–Kier alpha value is -7.04. The normalized spacial score (nSPS) is 10.7. The molecule has 0 bridgehead atoms. The number of thiol groups is 1. The molecule has 32 heteroatoms. The molecule has 0 aliphatic carbocycles. The first-order chi connectivity index (χ1) is 43.4. The summed E-state index contributed by atoms with van der Waals surface area (Å²) in [6.07, 6.45) is 0.0712. The van der Waals surface area contributed by atoms with Crippen molar-refractivity contribution < 1.29 is 69.8 Å². The molecule has 1 radical (unpaired) electrons. The number of rotatable bonds is 6. The van der Waals surface area contributed by atoms with E-state index in [0.29, 0.717) is 71.5 Å². The van der Waals surface area contributed by atoms with Crippen LogP contribution in [0, 0.1) is 28.8 Å². The second-order valence-electron chi connectivity index (χ2n) is 17.4. The number of alkyl halides is 5. The van der Waals surface area contributed by atoms with Crippen LogP contribution in [0.25, 0.3) is 65.7 Å². The Balaban J connectivity index is 0.000000292. The summed E-state index contributed by atoms with van der Waals surface area (Å²) >= 11 is 45.7. The van der Waals surface area contributed by atoms with Crippen LogP contribution >= 0.6 is 126 Å². The summed E-state index contributed by atoms with van der Waals surface area (Å²) in [5.74, 6) is -3.33. The fourth-order valence-electron chi connectivity index (χ4n) is 7.87. The average Bonchev–Trinajstić information content (AvgIpc) is 1.63. The summed E-state index contributed by atoms with van der Waals surface area (Å²) < 4.78 is 79.1. The predicted molar refractivity (Wildman–Crippen MR) is 369 cm³/mol. The molecule has 1 atom stereocenters. The van der Waals surface area contributed by atoms with Crippen LogP contribution in [-0.2, 0) is 39.5 Å². The number of hydrogen-bond acceptors (Lipinski definition) is 17. The van der Waals surface area contributed by atoms with Gasteiger partial charge in [-0.15, -0.1) is 0 Å². The Morgan fingerprint density at radius 1 is 0.699 bits per heavy atom. The summed E-state index contributed by atoms with van der Waals surface area (Å²) in [6, 6.07) is 42.0. The van der Waals surface area contributed by atoms with Gasteiger partial charge < -0.3 is 37.9 Å². The minimum atomic E-state index is -3.22. The second kappa shape index (κ2) is 38.4. The van der Waals surface area contributed by atoms with Crippen LogP contribution in [0.1, 0.15) is 49.7 Å². The van der Waals surface area contributed by atoms with Gasteiger partial charge in [-0.3, -0.25) is 18.9 Å². The molecule has 0 fully saturated rings. The van der Waals surface area contributed by atoms with Crippen molar-refractivity contribution in [3.63, 3.8) is 0 Å². The SMILES string of the molecule is C.COC(=O)Cc1ccccc1C(=O)OC.COC(=O)c1ccccc1C(Br)C(=O)OC.ClC(Cl)(Cl)Cl.Fc1ccc2c(c1)oc1c3ccccc3c(Cl)nc21.N#Cc1ccc(F)cc1O.O=P(Cl)(Cl)Cl.O=c1[nH]c2c3ccc(F)cc3oc2c2ccccc12.[B]=NS. The molecule has 1 unspecified atom stereocenters. The number of hydrogen-bond donors (Lipinski definition) is 3. The van der Waals surface area contributed by atoms with Gasteiger partial charge in [0.1, 0.15) is 55.9 Å². The number of pyridine rings is 2. The van der Waals surface area contributed by atoms with E-state index >= 15 is 0 Å². The average molecular weight is 1540 g/mol. The van der Waals surface area contributed by atoms with Gasteiger partial charge in [0.05, 0.1) is 62.5 Å². The van der Waals surface area contributed by atoms with E-state index in [1.165, 1.54) is 58.8 Å². The quantitative estimate of drug-likeness (QED) is 0.0266. The van der Waals surface area contributed by atoms with Crippen LogP contribution < -0.4 is 5.56 Å². The number of aromatic nitrogens is 2. The number of furan rings is 2. The van der Waals surface area contributed by atoms with Crippen molar-refractivity contribution in [2.45, 2.75) is 21.9 Å². The van der Waals surface area contributed by atoms with Crippen LogP contribution in [0.4, 0.5) is 13.2 Å². The Labute approximate surface area is 582 Å². The second-order valence-corrected chi connectivity index (χ2v) is 29.0. The number of halogens is 12. The third kappa shape index (κ3) is 24.7. The number of aromatic hydroxyl groups is 1. The standard InChI is InChI=1S/C15H7ClFNO.C15H8FNO2.C11H11BrO4.C11H12O4.C7H4FNO.CCl4.CH4.BHNS.Cl3OP/c16-15-10-4-2-1-3-9(10)14-13(18-15)11-6-5-8(17)7-12(11)19-14;16-8-5-6-11-12(7-8)19-14-9-3-1-2-4-10(9)15(18)17-13(11)14;1-15-10(13)8-6-4-3-5-7(8)9(12)11(14)16-2;1-14-10(12)7-8-5-3-4-6-9(8)11(13)15-2;8-6-2-1-5(4-9)7(10)3-6;2-1(3,4)5;;1-2-3;1-5(2,3)4/h1-7H;1-7H,(H,17,18);3-6,9H,1-2H3;3-6H,7H2,1-2H3;1-3,10H;;1H4;3H;. The van der Waals surface area contributed by atoms with E-state index in [9.17, 15) is 41.7 Å². The molecule has 2 N–H and O–H groups in total. The molecular formula is C61H47BBrCl8F3N4O13PS. The number of esters is 4. The molecular weight excluding hydrogens is 1490 g/mol. The summed E-state index contributed by atoms with van der Waals surface area (Å²) in [7, 11) is 9.53. The molecule has 4 aromatic heterocycles. The summed E-state index contributed by atoms with van der Waals surface area (Å²) in [5, 5.41) is 18.8. The van der Waals surface area contributed by atoms with Gasteiger partial charge in [0, 0.05) is 45.1 Å². The molecule has 7 aromatic carbocycles. The number of phenolic OH excluding ortho intramolecular Hbond substituents is 1. The Morgan fingerprint density at radius 2 is 1.14 bits per heavy atom. The predicted octanol–water partition coefficient (Wildman–Crippen LogP) is 19.4. The number of carbonyl (C=O) groups is 4. The van der Waals surface area contributed by atoms with E-state index in [4.69, 9.17) is 77.2 Å². The maximum atomic E-state index is 13.3. The van der Waals surface area contributed by atoms with E-state index in [1.54, 1.807) is 78.9 Å². The molecule has 0 saturated carbocycles. The van der Waals surface area contributed by atoms with Crippen LogP contribution in [0.15, 0.2) is 170 Å². The van der Waals surface area contributed by atoms with Crippen LogP contribution in [0.2, 0.25) is 5.15 Å². The monoisotopic (exact) mass is 1530 g/mol. The van der Waals surface area contributed by atoms with Gasteiger partial charge in [-0.1, -0.05) is 160 Å². The van der Waals surface area contributed by atoms with E-state index in [0.717, 1.165) is 33.7 Å². The molecule has 4 heterocycles. The number of aromatic amines is 1. The van der Waals surface area contributed by atoms with Crippen molar-refractivity contribution >= 4 is 223 Å². The number of methoxy groups -OCH3 is 4. The third-order valence-corrected chi connectivity index (χ3v) is 12.8. The van der Waals surface area contributed by atoms with Crippen molar-refractivity contribution in [3.8, 4) is 11.8 Å². The van der Waals surface area contributed by atoms with Crippen molar-refractivity contribution in [2.75, 3.05) is 28.4 Å². The zero-order valence-electron chi connectivity index (χ0n) is 47.4. The molecule has 0 saturated heterocycles. The van der Waals surface area contributed by atoms with Gasteiger partial charge in [-0.2, -0.15) is 5.26 Å². The number of phenols is 1. The number of H-pyrrole nitrogens is 1. The number of benzene rings is 7. The molecule has 487 valence electrons. The van der Waals surface area contributed by atoms with E-state index < -0.39 is 37.0 Å². The van der Waals surface area contributed by atoms with Crippen LogP contribution in [0.3, 0.4) is 0 Å². The fraction of sp³-hybridized carbons (Fsp3) is 0.131. The van der Waals surface area contributed by atoms with Gasteiger partial charge in [0.25, 0.3) is 8.81 Å². The fourth-order valence-corrected chi connectivity index (χ4v) is 8.70. The van der Waals surface area contributed by atoms with Crippen molar-refractivity contribution in [2.24, 2.45) is 4.30 Å². The van der Waals surface area contributed by atoms with E-state index in [1.807, 2.05) is 36.4 Å². The molecule has 0 amide bonds. The van der Waals surface area contributed by atoms with Gasteiger partial charge in [-0.25, -0.2) is 27.7 Å². The van der Waals surface area contributed by atoms with E-state index in [2.05, 4.69) is 103 Å². The summed E-state index contributed by atoms with van der Waals surface area (Å²) in [5.41, 5.74) is 5.20. The van der Waals surface area contributed by atoms with Gasteiger partial charge in [0.2, 0.25) is 0 Å². The first kappa shape index (κ1) is 80.2. The maximum absolute atomic E-state index is 13.3. The molecule has 17 nitrogen and oxygen atoms in total. The molecule has 11 aromatic rings. The number of nitriles is 1. The van der Waals surface area contributed by atoms with Crippen molar-refractivity contribution in [1.82, 2.24) is 9.97 Å². The van der Waals surface area contributed by atoms with Gasteiger partial charge in [0.15, 0.2) is 11.2 Å². The zero-order valence-corrected chi connectivity index (χ0v) is 56.8. The van der Waals surface area contributed by atoms with Gasteiger partial charge in [-0.05, 0) is 99.4 Å². The van der Waals surface area contributed by atoms with Crippen molar-refractivity contribution in [3.05, 3.63) is 212 Å². The number of nitrogens with zero attached hydrogens (tertiary/aromatic N) is 3. The Bertz CT molecular complexity index is 4580. The Morgan fingerprint density at radius 3 is 1.67 bits per heavy atom. The van der Waals surface area contributed by atoms with Gasteiger partial charge >= 0.3 is 53.8 Å².